The van der Waals surface area contributed by atoms with E-state index in [9.17, 15) is 9.59 Å². The maximum atomic E-state index is 12.3. The summed E-state index contributed by atoms with van der Waals surface area (Å²) in [5, 5.41) is 0. The van der Waals surface area contributed by atoms with Crippen molar-refractivity contribution in [1.82, 2.24) is 19.8 Å². The molecule has 1 aromatic heterocycles. The summed E-state index contributed by atoms with van der Waals surface area (Å²) in [5.41, 5.74) is 1.05. The zero-order valence-electron chi connectivity index (χ0n) is 13.5. The van der Waals surface area contributed by atoms with E-state index in [4.69, 9.17) is 4.74 Å². The maximum absolute atomic E-state index is 12.3. The van der Waals surface area contributed by atoms with Crippen LogP contribution in [0.4, 0.5) is 0 Å². The predicted octanol–water partition coefficient (Wildman–Crippen LogP) is 0.438. The monoisotopic (exact) mass is 320 g/mol. The number of ether oxygens (including phenoxy) is 1. The molecule has 3 rings (SSSR count). The second kappa shape index (κ2) is 7.12. The molecule has 0 saturated carbocycles. The average molecular weight is 320 g/mol. The molecule has 7 nitrogen and oxygen atoms in total. The smallest absolute Gasteiger partial charge is 0.248 e. The fraction of sp³-hybridized carbons (Fsp3) is 0.688. The van der Waals surface area contributed by atoms with E-state index in [2.05, 4.69) is 9.97 Å². The molecule has 2 aliphatic rings. The van der Waals surface area contributed by atoms with Gasteiger partial charge in [0.05, 0.1) is 6.33 Å². The van der Waals surface area contributed by atoms with Gasteiger partial charge in [0, 0.05) is 57.5 Å². The normalized spacial score (nSPS) is 24.7. The van der Waals surface area contributed by atoms with Crippen LogP contribution in [-0.2, 0) is 20.7 Å². The third-order valence-electron chi connectivity index (χ3n) is 4.94. The van der Waals surface area contributed by atoms with Crippen LogP contribution in [0.3, 0.4) is 0 Å². The summed E-state index contributed by atoms with van der Waals surface area (Å²) < 4.78 is 4.95. The van der Waals surface area contributed by atoms with Crippen LogP contribution in [0.5, 0.6) is 0 Å². The van der Waals surface area contributed by atoms with Crippen LogP contribution in [-0.4, -0.2) is 71.0 Å². The molecule has 7 heteroatoms. The van der Waals surface area contributed by atoms with Crippen LogP contribution < -0.4 is 0 Å². The molecule has 2 saturated heterocycles. The Balaban J connectivity index is 1.61. The van der Waals surface area contributed by atoms with Gasteiger partial charge in [-0.25, -0.2) is 4.98 Å². The number of aromatic amines is 1. The number of hydrogen-bond donors (Lipinski definition) is 1. The number of imidazole rings is 1. The first-order chi connectivity index (χ1) is 11.2. The number of methoxy groups -OCH3 is 1. The van der Waals surface area contributed by atoms with Crippen LogP contribution in [0, 0.1) is 5.92 Å². The highest BCUT2D eigenvalue weighted by molar-refractivity contribution is 5.79. The summed E-state index contributed by atoms with van der Waals surface area (Å²) in [5.74, 6) is 0.665. The summed E-state index contributed by atoms with van der Waals surface area (Å²) in [6.07, 6.45) is 6.57. The standard InChI is InChI=1S/C16H24N4O3/c1-23-10-16(22)19-6-5-14-12(9-19)2-3-15(21)20(14)7-4-13-8-17-11-18-13/h8,11-12,14H,2-7,9-10H2,1H3,(H,17,18)/t12-,14+/m0/s1. The Morgan fingerprint density at radius 3 is 3.09 bits per heavy atom. The van der Waals surface area contributed by atoms with E-state index in [1.165, 1.54) is 0 Å². The van der Waals surface area contributed by atoms with Gasteiger partial charge in [-0.1, -0.05) is 0 Å². The van der Waals surface area contributed by atoms with Crippen molar-refractivity contribution in [3.8, 4) is 0 Å². The number of nitrogens with one attached hydrogen (secondary N) is 1. The maximum Gasteiger partial charge on any atom is 0.248 e. The van der Waals surface area contributed by atoms with E-state index in [0.717, 1.165) is 31.5 Å². The Hall–Kier alpha value is -1.89. The quantitative estimate of drug-likeness (QED) is 0.854. The Labute approximate surface area is 136 Å². The van der Waals surface area contributed by atoms with E-state index in [-0.39, 0.29) is 24.5 Å². The number of rotatable bonds is 5. The lowest BCUT2D eigenvalue weighted by molar-refractivity contribution is -0.145. The van der Waals surface area contributed by atoms with Gasteiger partial charge in [-0.15, -0.1) is 0 Å². The molecule has 0 aromatic carbocycles. The van der Waals surface area contributed by atoms with Gasteiger partial charge in [0.15, 0.2) is 0 Å². The predicted molar refractivity (Wildman–Crippen MR) is 83.6 cm³/mol. The van der Waals surface area contributed by atoms with Gasteiger partial charge in [0.25, 0.3) is 0 Å². The fourth-order valence-corrected chi connectivity index (χ4v) is 3.75. The molecule has 2 amide bonds. The number of nitrogens with zero attached hydrogens (tertiary/aromatic N) is 3. The number of piperidine rings is 2. The minimum atomic E-state index is 0.0480. The van der Waals surface area contributed by atoms with Gasteiger partial charge < -0.3 is 19.5 Å². The van der Waals surface area contributed by atoms with Crippen LogP contribution in [0.1, 0.15) is 25.0 Å². The van der Waals surface area contributed by atoms with Crippen molar-refractivity contribution >= 4 is 11.8 Å². The molecule has 2 aliphatic heterocycles. The largest absolute Gasteiger partial charge is 0.375 e. The van der Waals surface area contributed by atoms with Crippen LogP contribution in [0.2, 0.25) is 0 Å². The van der Waals surface area contributed by atoms with E-state index < -0.39 is 0 Å². The summed E-state index contributed by atoms with van der Waals surface area (Å²) in [6, 6.07) is 0.255. The van der Waals surface area contributed by atoms with E-state index in [0.29, 0.717) is 25.4 Å². The summed E-state index contributed by atoms with van der Waals surface area (Å²) >= 11 is 0. The van der Waals surface area contributed by atoms with Gasteiger partial charge in [-0.05, 0) is 18.8 Å². The highest BCUT2D eigenvalue weighted by Gasteiger charge is 2.39. The van der Waals surface area contributed by atoms with Crippen molar-refractivity contribution in [2.24, 2.45) is 5.92 Å². The van der Waals surface area contributed by atoms with Crippen molar-refractivity contribution in [3.63, 3.8) is 0 Å². The number of aromatic nitrogens is 2. The van der Waals surface area contributed by atoms with Gasteiger partial charge in [-0.3, -0.25) is 9.59 Å². The van der Waals surface area contributed by atoms with Gasteiger partial charge >= 0.3 is 0 Å². The molecular weight excluding hydrogens is 296 g/mol. The lowest BCUT2D eigenvalue weighted by atomic mass is 9.83. The number of amides is 2. The van der Waals surface area contributed by atoms with Crippen molar-refractivity contribution in [2.45, 2.75) is 31.7 Å². The number of carbonyl (C=O) groups is 2. The van der Waals surface area contributed by atoms with E-state index >= 15 is 0 Å². The van der Waals surface area contributed by atoms with E-state index in [1.807, 2.05) is 9.80 Å². The number of carbonyl (C=O) groups excluding carboxylic acids is 2. The summed E-state index contributed by atoms with van der Waals surface area (Å²) in [4.78, 5) is 35.3. The number of hydrogen-bond acceptors (Lipinski definition) is 4. The molecule has 23 heavy (non-hydrogen) atoms. The van der Waals surface area contributed by atoms with Crippen LogP contribution >= 0.6 is 0 Å². The topological polar surface area (TPSA) is 78.5 Å². The number of H-pyrrole nitrogens is 1. The lowest BCUT2D eigenvalue weighted by Gasteiger charge is -2.47. The second-order valence-electron chi connectivity index (χ2n) is 6.34. The minimum Gasteiger partial charge on any atom is -0.375 e. The fourth-order valence-electron chi connectivity index (χ4n) is 3.75. The Morgan fingerprint density at radius 1 is 1.48 bits per heavy atom. The molecule has 126 valence electrons. The number of fused-ring (bicyclic) bond motifs is 1. The van der Waals surface area contributed by atoms with Crippen molar-refractivity contribution in [2.75, 3.05) is 33.4 Å². The SMILES string of the molecule is COCC(=O)N1CC[C@@H]2[C@@H](CCC(=O)N2CCc2cnc[nH]2)C1. The second-order valence-corrected chi connectivity index (χ2v) is 6.34. The zero-order valence-corrected chi connectivity index (χ0v) is 13.5. The molecule has 0 unspecified atom stereocenters. The zero-order chi connectivity index (χ0) is 16.2. The lowest BCUT2D eigenvalue weighted by Crippen LogP contribution is -2.57. The molecule has 0 bridgehead atoms. The molecule has 3 heterocycles. The Morgan fingerprint density at radius 2 is 2.35 bits per heavy atom. The molecule has 2 atom stereocenters. The molecule has 0 aliphatic carbocycles. The minimum absolute atomic E-state index is 0.0480. The third kappa shape index (κ3) is 3.55. The first kappa shape index (κ1) is 16.0. The van der Waals surface area contributed by atoms with Gasteiger partial charge in [0.2, 0.25) is 11.8 Å². The van der Waals surface area contributed by atoms with Crippen LogP contribution in [0.15, 0.2) is 12.5 Å². The molecule has 1 aromatic rings. The highest BCUT2D eigenvalue weighted by Crippen LogP contribution is 2.31. The molecule has 1 N–H and O–H groups in total. The summed E-state index contributed by atoms with van der Waals surface area (Å²) in [7, 11) is 1.54. The third-order valence-corrected chi connectivity index (χ3v) is 4.94. The molecule has 0 spiro atoms. The molecule has 2 fully saturated rings. The molecular formula is C16H24N4O3. The Kier molecular flexibility index (Phi) is 4.95. The van der Waals surface area contributed by atoms with Crippen molar-refractivity contribution in [3.05, 3.63) is 18.2 Å². The highest BCUT2D eigenvalue weighted by atomic mass is 16.5. The summed E-state index contributed by atoms with van der Waals surface area (Å²) in [6.45, 7) is 2.30. The first-order valence-electron chi connectivity index (χ1n) is 8.22. The van der Waals surface area contributed by atoms with Gasteiger partial charge in [0.1, 0.15) is 6.61 Å². The molecule has 0 radical (unpaired) electrons. The average Bonchev–Trinajstić information content (AvgIpc) is 3.07. The van der Waals surface area contributed by atoms with Crippen LogP contribution in [0.25, 0.3) is 0 Å². The van der Waals surface area contributed by atoms with Gasteiger partial charge in [-0.2, -0.15) is 0 Å². The van der Waals surface area contributed by atoms with E-state index in [1.54, 1.807) is 19.6 Å². The Bertz CT molecular complexity index is 546. The van der Waals surface area contributed by atoms with Crippen molar-refractivity contribution < 1.29 is 14.3 Å². The van der Waals surface area contributed by atoms with Crippen molar-refractivity contribution in [1.29, 1.82) is 0 Å². The first-order valence-corrected chi connectivity index (χ1v) is 8.22. The number of likely N-dealkylation sites (tertiary alicyclic amines) is 2.